The molecule has 3 nitrogen and oxygen atoms in total. The Kier molecular flexibility index (Phi) is 3.14. The van der Waals surface area contributed by atoms with Crippen LogP contribution in [-0.4, -0.2) is 11.0 Å². The molecule has 0 saturated heterocycles. The fraction of sp³-hybridized carbons (Fsp3) is 0.182. The number of carbonyl (C=O) groups is 1. The summed E-state index contributed by atoms with van der Waals surface area (Å²) in [6.07, 6.45) is 0.0368. The lowest BCUT2D eigenvalue weighted by Crippen LogP contribution is -2.08. The molecule has 0 aromatic heterocycles. The molecule has 14 heavy (non-hydrogen) atoms. The molecular formula is C11H11NO2. The normalized spacial score (nSPS) is 8.93. The second-order valence-electron chi connectivity index (χ2n) is 2.94. The number of hydrogen-bond donors (Lipinski definition) is 2. The molecule has 0 aliphatic carbocycles. The molecule has 0 unspecified atom stereocenters. The number of nitrogens with two attached hydrogens (primary N) is 1. The molecule has 0 spiro atoms. The van der Waals surface area contributed by atoms with Crippen LogP contribution in [-0.2, 0) is 4.79 Å². The van der Waals surface area contributed by atoms with E-state index < -0.39 is 5.91 Å². The highest BCUT2D eigenvalue weighted by Gasteiger charge is 1.95. The van der Waals surface area contributed by atoms with Gasteiger partial charge in [0.15, 0.2) is 0 Å². The lowest BCUT2D eigenvalue weighted by atomic mass is 10.1. The van der Waals surface area contributed by atoms with E-state index in [4.69, 9.17) is 5.73 Å². The summed E-state index contributed by atoms with van der Waals surface area (Å²) >= 11 is 0. The fourth-order valence-electron chi connectivity index (χ4n) is 0.971. The van der Waals surface area contributed by atoms with Gasteiger partial charge in [-0.15, -0.1) is 0 Å². The number of aryl methyl sites for hydroxylation is 1. The maximum atomic E-state index is 10.4. The minimum atomic E-state index is -0.449. The number of primary amides is 1. The molecule has 1 aromatic carbocycles. The molecule has 0 aliphatic rings. The molecule has 0 aliphatic heterocycles. The lowest BCUT2D eigenvalue weighted by Gasteiger charge is -1.97. The summed E-state index contributed by atoms with van der Waals surface area (Å²) in [4.78, 5) is 10.4. The Morgan fingerprint density at radius 3 is 2.93 bits per heavy atom. The standard InChI is InChI=1S/C11H11NO2/c1-8-5-6-10(13)7-9(8)3-2-4-11(12)14/h5-7,13H,4H2,1H3,(H2,12,14). The number of aromatic hydroxyl groups is 1. The van der Waals surface area contributed by atoms with E-state index in [9.17, 15) is 9.90 Å². The van der Waals surface area contributed by atoms with Crippen molar-refractivity contribution in [2.24, 2.45) is 5.73 Å². The Morgan fingerprint density at radius 1 is 1.57 bits per heavy atom. The first-order chi connectivity index (χ1) is 6.59. The van der Waals surface area contributed by atoms with Crippen molar-refractivity contribution in [2.45, 2.75) is 13.3 Å². The average Bonchev–Trinajstić information content (AvgIpc) is 2.10. The average molecular weight is 189 g/mol. The van der Waals surface area contributed by atoms with Crippen LogP contribution in [0, 0.1) is 18.8 Å². The molecule has 1 rings (SSSR count). The summed E-state index contributed by atoms with van der Waals surface area (Å²) in [7, 11) is 0. The van der Waals surface area contributed by atoms with Crippen LogP contribution in [0.2, 0.25) is 0 Å². The molecule has 0 saturated carbocycles. The number of benzene rings is 1. The predicted octanol–water partition coefficient (Wildman–Crippen LogP) is 0.928. The van der Waals surface area contributed by atoms with Crippen LogP contribution in [0.25, 0.3) is 0 Å². The monoisotopic (exact) mass is 189 g/mol. The molecule has 0 heterocycles. The van der Waals surface area contributed by atoms with Crippen LogP contribution >= 0.6 is 0 Å². The van der Waals surface area contributed by atoms with Crippen molar-refractivity contribution in [3.8, 4) is 17.6 Å². The zero-order valence-electron chi connectivity index (χ0n) is 7.87. The van der Waals surface area contributed by atoms with E-state index in [0.717, 1.165) is 5.56 Å². The van der Waals surface area contributed by atoms with E-state index in [2.05, 4.69) is 11.8 Å². The maximum absolute atomic E-state index is 10.4. The largest absolute Gasteiger partial charge is 0.508 e. The number of carbonyl (C=O) groups excluding carboxylic acids is 1. The van der Waals surface area contributed by atoms with Crippen LogP contribution in [0.4, 0.5) is 0 Å². The second-order valence-corrected chi connectivity index (χ2v) is 2.94. The molecule has 1 aromatic rings. The van der Waals surface area contributed by atoms with Crippen molar-refractivity contribution in [1.29, 1.82) is 0 Å². The first-order valence-electron chi connectivity index (χ1n) is 4.16. The van der Waals surface area contributed by atoms with Gasteiger partial charge in [0.2, 0.25) is 5.91 Å². The molecule has 0 radical (unpaired) electrons. The molecular weight excluding hydrogens is 178 g/mol. The van der Waals surface area contributed by atoms with Gasteiger partial charge in [-0.2, -0.15) is 0 Å². The third-order valence-corrected chi connectivity index (χ3v) is 1.71. The Morgan fingerprint density at radius 2 is 2.29 bits per heavy atom. The number of phenols is 1. The lowest BCUT2D eigenvalue weighted by molar-refractivity contribution is -0.117. The van der Waals surface area contributed by atoms with E-state index in [1.165, 1.54) is 0 Å². The number of rotatable bonds is 1. The summed E-state index contributed by atoms with van der Waals surface area (Å²) in [6, 6.07) is 4.92. The van der Waals surface area contributed by atoms with Crippen LogP contribution in [0.1, 0.15) is 17.5 Å². The zero-order valence-corrected chi connectivity index (χ0v) is 7.87. The van der Waals surface area contributed by atoms with Crippen molar-refractivity contribution < 1.29 is 9.90 Å². The smallest absolute Gasteiger partial charge is 0.229 e. The topological polar surface area (TPSA) is 63.3 Å². The minimum absolute atomic E-state index is 0.0368. The van der Waals surface area contributed by atoms with E-state index in [-0.39, 0.29) is 12.2 Å². The quantitative estimate of drug-likeness (QED) is 0.645. The van der Waals surface area contributed by atoms with Crippen molar-refractivity contribution in [2.75, 3.05) is 0 Å². The van der Waals surface area contributed by atoms with Crippen LogP contribution < -0.4 is 5.73 Å². The SMILES string of the molecule is Cc1ccc(O)cc1C#CCC(N)=O. The minimum Gasteiger partial charge on any atom is -0.508 e. The summed E-state index contributed by atoms with van der Waals surface area (Å²) < 4.78 is 0. The molecule has 72 valence electrons. The third kappa shape index (κ3) is 2.83. The van der Waals surface area contributed by atoms with Crippen molar-refractivity contribution >= 4 is 5.91 Å². The Balaban J connectivity index is 2.88. The molecule has 3 heteroatoms. The molecule has 1 amide bonds. The van der Waals surface area contributed by atoms with Crippen molar-refractivity contribution in [1.82, 2.24) is 0 Å². The molecule has 3 N–H and O–H groups in total. The van der Waals surface area contributed by atoms with E-state index in [1.807, 2.05) is 6.92 Å². The van der Waals surface area contributed by atoms with Gasteiger partial charge in [0, 0.05) is 5.56 Å². The predicted molar refractivity (Wildman–Crippen MR) is 53.5 cm³/mol. The van der Waals surface area contributed by atoms with Crippen molar-refractivity contribution in [3.63, 3.8) is 0 Å². The Bertz CT molecular complexity index is 413. The van der Waals surface area contributed by atoms with E-state index in [0.29, 0.717) is 5.56 Å². The molecule has 0 bridgehead atoms. The highest BCUT2D eigenvalue weighted by Crippen LogP contribution is 2.14. The number of hydrogen-bond acceptors (Lipinski definition) is 2. The number of amides is 1. The van der Waals surface area contributed by atoms with Crippen molar-refractivity contribution in [3.05, 3.63) is 29.3 Å². The fourth-order valence-corrected chi connectivity index (χ4v) is 0.971. The highest BCUT2D eigenvalue weighted by molar-refractivity contribution is 5.76. The van der Waals surface area contributed by atoms with Gasteiger partial charge < -0.3 is 10.8 Å². The summed E-state index contributed by atoms with van der Waals surface area (Å²) in [5, 5.41) is 9.19. The van der Waals surface area contributed by atoms with Crippen LogP contribution in [0.3, 0.4) is 0 Å². The third-order valence-electron chi connectivity index (χ3n) is 1.71. The van der Waals surface area contributed by atoms with Gasteiger partial charge in [0.25, 0.3) is 0 Å². The van der Waals surface area contributed by atoms with Crippen LogP contribution in [0.5, 0.6) is 5.75 Å². The number of phenolic OH excluding ortho intramolecular Hbond substituents is 1. The van der Waals surface area contributed by atoms with Gasteiger partial charge in [-0.25, -0.2) is 0 Å². The first-order valence-corrected chi connectivity index (χ1v) is 4.16. The Labute approximate surface area is 82.6 Å². The summed E-state index contributed by atoms with van der Waals surface area (Å²) in [5.74, 6) is 5.12. The first kappa shape index (κ1) is 10.1. The Hall–Kier alpha value is -1.95. The van der Waals surface area contributed by atoms with Crippen LogP contribution in [0.15, 0.2) is 18.2 Å². The van der Waals surface area contributed by atoms with Gasteiger partial charge in [0.05, 0.1) is 6.42 Å². The summed E-state index contributed by atoms with van der Waals surface area (Å²) in [5.41, 5.74) is 6.61. The van der Waals surface area contributed by atoms with Gasteiger partial charge >= 0.3 is 0 Å². The van der Waals surface area contributed by atoms with E-state index in [1.54, 1.807) is 18.2 Å². The highest BCUT2D eigenvalue weighted by atomic mass is 16.3. The summed E-state index contributed by atoms with van der Waals surface area (Å²) in [6.45, 7) is 1.88. The molecule has 0 atom stereocenters. The second kappa shape index (κ2) is 4.33. The zero-order chi connectivity index (χ0) is 10.6. The van der Waals surface area contributed by atoms with Gasteiger partial charge in [-0.1, -0.05) is 17.9 Å². The molecule has 0 fully saturated rings. The maximum Gasteiger partial charge on any atom is 0.229 e. The van der Waals surface area contributed by atoms with Gasteiger partial charge in [-0.3, -0.25) is 4.79 Å². The van der Waals surface area contributed by atoms with Gasteiger partial charge in [0.1, 0.15) is 5.75 Å². The van der Waals surface area contributed by atoms with E-state index >= 15 is 0 Å². The van der Waals surface area contributed by atoms with Gasteiger partial charge in [-0.05, 0) is 24.6 Å².